The Kier molecular flexibility index (Phi) is 10.4. The molecule has 3 rings (SSSR count). The number of fused-ring (bicyclic) bond motifs is 1. The Bertz CT molecular complexity index is 921. The van der Waals surface area contributed by atoms with Crippen LogP contribution in [0.3, 0.4) is 0 Å². The molecule has 3 aliphatic rings. The lowest BCUT2D eigenvalue weighted by Gasteiger charge is -2.40. The lowest BCUT2D eigenvalue weighted by molar-refractivity contribution is -0.164. The topological polar surface area (TPSA) is 96.4 Å². The van der Waals surface area contributed by atoms with E-state index >= 15 is 0 Å². The van der Waals surface area contributed by atoms with Gasteiger partial charge in [-0.05, 0) is 50.9 Å². The number of carbonyl (C=O) groups is 3. The molecule has 0 saturated carbocycles. The third-order valence-corrected chi connectivity index (χ3v) is 9.08. The highest BCUT2D eigenvalue weighted by atomic mass is 16.6. The fourth-order valence-corrected chi connectivity index (χ4v) is 7.19. The monoisotopic (exact) mass is 546 g/mol. The molecule has 2 bridgehead atoms. The molecule has 1 spiro atoms. The number of likely N-dealkylation sites (tertiary alicyclic amines) is 1. The van der Waals surface area contributed by atoms with Crippen LogP contribution in [0, 0.1) is 23.7 Å². The van der Waals surface area contributed by atoms with Gasteiger partial charge in [0, 0.05) is 13.1 Å². The second-order valence-electron chi connectivity index (χ2n) is 12.3. The van der Waals surface area contributed by atoms with Crippen LogP contribution in [0.4, 0.5) is 0 Å². The van der Waals surface area contributed by atoms with Crippen molar-refractivity contribution in [1.29, 1.82) is 0 Å². The zero-order valence-electron chi connectivity index (χ0n) is 24.7. The molecule has 1 N–H and O–H groups in total. The Labute approximate surface area is 234 Å². The highest BCUT2D eigenvalue weighted by molar-refractivity contribution is 5.98. The molecule has 3 fully saturated rings. The number of allylic oxidation sites excluding steroid dienone is 1. The predicted octanol–water partition coefficient (Wildman–Crippen LogP) is 4.12. The van der Waals surface area contributed by atoms with Crippen LogP contribution in [0.5, 0.6) is 0 Å². The molecule has 3 saturated heterocycles. The van der Waals surface area contributed by atoms with E-state index in [0.29, 0.717) is 32.4 Å². The Balaban J connectivity index is 2.07. The summed E-state index contributed by atoms with van der Waals surface area (Å²) < 4.78 is 12.5. The molecule has 0 aromatic carbocycles. The lowest BCUT2D eigenvalue weighted by Crippen LogP contribution is -2.59. The van der Waals surface area contributed by atoms with E-state index in [1.165, 1.54) is 0 Å². The predicted molar refractivity (Wildman–Crippen MR) is 151 cm³/mol. The maximum absolute atomic E-state index is 14.4. The van der Waals surface area contributed by atoms with Crippen molar-refractivity contribution in [2.45, 2.75) is 103 Å². The summed E-state index contributed by atoms with van der Waals surface area (Å²) in [4.78, 5) is 45.8. The number of aliphatic hydroxyl groups excluding tert-OH is 1. The molecule has 0 aromatic rings. The molecule has 3 unspecified atom stereocenters. The van der Waals surface area contributed by atoms with Gasteiger partial charge in [0.05, 0.1) is 30.8 Å². The first-order chi connectivity index (χ1) is 18.5. The average molecular weight is 547 g/mol. The summed E-state index contributed by atoms with van der Waals surface area (Å²) in [7, 11) is 0. The van der Waals surface area contributed by atoms with Crippen molar-refractivity contribution in [3.8, 4) is 0 Å². The van der Waals surface area contributed by atoms with Gasteiger partial charge in [0.15, 0.2) is 0 Å². The van der Waals surface area contributed by atoms with Gasteiger partial charge in [0.25, 0.3) is 0 Å². The third kappa shape index (κ3) is 5.69. The Hall–Kier alpha value is -2.19. The maximum Gasteiger partial charge on any atom is 0.312 e. The summed E-state index contributed by atoms with van der Waals surface area (Å²) in [5, 5.41) is 10.5. The smallest absolute Gasteiger partial charge is 0.312 e. The third-order valence-electron chi connectivity index (χ3n) is 9.08. The largest absolute Gasteiger partial charge is 0.465 e. The van der Waals surface area contributed by atoms with Gasteiger partial charge in [-0.25, -0.2) is 0 Å². The summed E-state index contributed by atoms with van der Waals surface area (Å²) in [6, 6.07) is -1.47. The molecule has 7 atom stereocenters. The van der Waals surface area contributed by atoms with Crippen molar-refractivity contribution in [3.05, 3.63) is 25.3 Å². The van der Waals surface area contributed by atoms with E-state index in [2.05, 4.69) is 20.1 Å². The zero-order chi connectivity index (χ0) is 29.0. The van der Waals surface area contributed by atoms with Gasteiger partial charge in [-0.1, -0.05) is 52.7 Å². The van der Waals surface area contributed by atoms with Crippen molar-refractivity contribution in [1.82, 2.24) is 9.80 Å². The van der Waals surface area contributed by atoms with Crippen LogP contribution in [0.2, 0.25) is 0 Å². The minimum absolute atomic E-state index is 0.0619. The normalized spacial score (nSPS) is 31.9. The molecule has 0 radical (unpaired) electrons. The van der Waals surface area contributed by atoms with Crippen LogP contribution >= 0.6 is 0 Å². The van der Waals surface area contributed by atoms with Crippen LogP contribution in [-0.2, 0) is 23.9 Å². The molecular formula is C31H50N2O6. The van der Waals surface area contributed by atoms with Crippen LogP contribution in [-0.4, -0.2) is 82.3 Å². The number of ether oxygens (including phenoxy) is 2. The first kappa shape index (κ1) is 31.3. The average Bonchev–Trinajstić information content (AvgIpc) is 3.40. The first-order valence-electron chi connectivity index (χ1n) is 14.8. The fourth-order valence-electron chi connectivity index (χ4n) is 7.19. The number of esters is 1. The number of rotatable bonds is 16. The van der Waals surface area contributed by atoms with Gasteiger partial charge < -0.3 is 24.4 Å². The summed E-state index contributed by atoms with van der Waals surface area (Å²) in [5.41, 5.74) is -2.07. The van der Waals surface area contributed by atoms with Crippen molar-refractivity contribution >= 4 is 17.8 Å². The van der Waals surface area contributed by atoms with Crippen molar-refractivity contribution in [3.63, 3.8) is 0 Å². The van der Waals surface area contributed by atoms with E-state index in [0.717, 1.165) is 25.7 Å². The summed E-state index contributed by atoms with van der Waals surface area (Å²) in [5.74, 6) is -2.45. The molecule has 2 amide bonds. The van der Waals surface area contributed by atoms with Crippen LogP contribution in [0.25, 0.3) is 0 Å². The van der Waals surface area contributed by atoms with E-state index in [1.807, 2.05) is 27.7 Å². The fraction of sp³-hybridized carbons (Fsp3) is 0.774. The van der Waals surface area contributed by atoms with E-state index in [-0.39, 0.29) is 36.9 Å². The van der Waals surface area contributed by atoms with E-state index in [1.54, 1.807) is 22.0 Å². The van der Waals surface area contributed by atoms with Gasteiger partial charge in [0.2, 0.25) is 11.8 Å². The van der Waals surface area contributed by atoms with Gasteiger partial charge in [-0.3, -0.25) is 14.4 Å². The van der Waals surface area contributed by atoms with Crippen molar-refractivity contribution in [2.24, 2.45) is 23.7 Å². The maximum atomic E-state index is 14.4. The van der Waals surface area contributed by atoms with E-state index in [9.17, 15) is 19.5 Å². The standard InChI is InChI=1S/C31H50N2O6/c1-8-11-13-16-32(15-10-3)28(36)26-31-19-22(6)30(7,39-31)25(29(37)38-17-14-12-9-2)24(31)27(35)33(26)23(20-34)18-21(4)5/h9-10,21-26,34H,2-3,8,11-20H2,1,4-7H3/t22?,23-,24+,25-,26?,30+,31?/m1/s1. The number of hydrogen-bond donors (Lipinski definition) is 1. The molecular weight excluding hydrogens is 496 g/mol. The SMILES string of the molecule is C=CCCCOC(=O)[C@H]1[C@H]2C(=O)N([C@@H](CO)CC(C)C)C(C(=O)N(CC=C)CCCCC)C23CC(C)[C@]1(C)O3. The molecule has 0 aliphatic carbocycles. The Morgan fingerprint density at radius 1 is 1.26 bits per heavy atom. The van der Waals surface area contributed by atoms with Crippen LogP contribution in [0.1, 0.15) is 79.6 Å². The first-order valence-corrected chi connectivity index (χ1v) is 14.8. The van der Waals surface area contributed by atoms with Crippen molar-refractivity contribution < 1.29 is 29.0 Å². The quantitative estimate of drug-likeness (QED) is 0.178. The van der Waals surface area contributed by atoms with Gasteiger partial charge in [-0.15, -0.1) is 13.2 Å². The molecule has 8 nitrogen and oxygen atoms in total. The minimum atomic E-state index is -1.15. The highest BCUT2D eigenvalue weighted by Gasteiger charge is 2.80. The minimum Gasteiger partial charge on any atom is -0.465 e. The Morgan fingerprint density at radius 3 is 2.56 bits per heavy atom. The second kappa shape index (κ2) is 13.0. The number of amides is 2. The Morgan fingerprint density at radius 2 is 1.97 bits per heavy atom. The number of carbonyl (C=O) groups excluding carboxylic acids is 3. The number of unbranched alkanes of at least 4 members (excludes halogenated alkanes) is 3. The van der Waals surface area contributed by atoms with Gasteiger partial charge in [0.1, 0.15) is 17.6 Å². The summed E-state index contributed by atoms with van der Waals surface area (Å²) >= 11 is 0. The number of nitrogens with zero attached hydrogens (tertiary/aromatic N) is 2. The molecule has 3 heterocycles. The number of hydrogen-bond acceptors (Lipinski definition) is 6. The van der Waals surface area contributed by atoms with Gasteiger partial charge in [-0.2, -0.15) is 0 Å². The number of aliphatic hydroxyl groups is 1. The molecule has 0 aromatic heterocycles. The van der Waals surface area contributed by atoms with Crippen LogP contribution in [0.15, 0.2) is 25.3 Å². The van der Waals surface area contributed by atoms with E-state index < -0.39 is 41.1 Å². The molecule has 39 heavy (non-hydrogen) atoms. The lowest BCUT2D eigenvalue weighted by atomic mass is 9.62. The second-order valence-corrected chi connectivity index (χ2v) is 12.3. The summed E-state index contributed by atoms with van der Waals surface area (Å²) in [6.45, 7) is 18.5. The summed E-state index contributed by atoms with van der Waals surface area (Å²) in [6.07, 6.45) is 8.74. The van der Waals surface area contributed by atoms with E-state index in [4.69, 9.17) is 9.47 Å². The van der Waals surface area contributed by atoms with Crippen molar-refractivity contribution in [2.75, 3.05) is 26.3 Å². The highest BCUT2D eigenvalue weighted by Crippen LogP contribution is 2.65. The molecule has 3 aliphatic heterocycles. The zero-order valence-corrected chi connectivity index (χ0v) is 24.7. The molecule has 8 heteroatoms. The molecule has 220 valence electrons. The van der Waals surface area contributed by atoms with Crippen LogP contribution < -0.4 is 0 Å². The van der Waals surface area contributed by atoms with Gasteiger partial charge >= 0.3 is 5.97 Å².